The van der Waals surface area contributed by atoms with Gasteiger partial charge in [0.1, 0.15) is 9.84 Å². The zero-order chi connectivity index (χ0) is 14.4. The molecule has 1 fully saturated rings. The van der Waals surface area contributed by atoms with Crippen LogP contribution in [0.5, 0.6) is 0 Å². The highest BCUT2D eigenvalue weighted by atomic mass is 32.2. The quantitative estimate of drug-likeness (QED) is 0.701. The van der Waals surface area contributed by atoms with Crippen LogP contribution in [0.4, 0.5) is 13.2 Å². The maximum Gasteiger partial charge on any atom is 0.389 e. The molecule has 0 aromatic rings. The van der Waals surface area contributed by atoms with Gasteiger partial charge in [-0.15, -0.1) is 0 Å². The van der Waals surface area contributed by atoms with Crippen molar-refractivity contribution in [2.24, 2.45) is 0 Å². The first kappa shape index (κ1) is 16.8. The highest BCUT2D eigenvalue weighted by molar-refractivity contribution is 7.91. The van der Waals surface area contributed by atoms with Gasteiger partial charge in [-0.1, -0.05) is 0 Å². The first-order chi connectivity index (χ1) is 8.79. The third-order valence-corrected chi connectivity index (χ3v) is 5.16. The smallest absolute Gasteiger partial charge is 0.314 e. The predicted octanol–water partition coefficient (Wildman–Crippen LogP) is 2.67. The van der Waals surface area contributed by atoms with Gasteiger partial charge in [0.2, 0.25) is 0 Å². The molecule has 0 aromatic carbocycles. The first-order valence-corrected chi connectivity index (χ1v) is 8.61. The molecule has 1 atom stereocenters. The van der Waals surface area contributed by atoms with Crippen LogP contribution < -0.4 is 5.32 Å². The summed E-state index contributed by atoms with van der Waals surface area (Å²) in [4.78, 5) is 0. The van der Waals surface area contributed by atoms with Gasteiger partial charge in [-0.25, -0.2) is 8.42 Å². The number of alkyl halides is 3. The Labute approximate surface area is 112 Å². The molecular formula is C12H22F3NO2S. The van der Waals surface area contributed by atoms with Crippen molar-refractivity contribution in [3.8, 4) is 0 Å². The summed E-state index contributed by atoms with van der Waals surface area (Å²) in [5, 5.41) is 3.29. The lowest BCUT2D eigenvalue weighted by molar-refractivity contribution is -0.135. The summed E-state index contributed by atoms with van der Waals surface area (Å²) in [5.74, 6) is -0.0294. The van der Waals surface area contributed by atoms with E-state index in [1.165, 1.54) is 0 Å². The summed E-state index contributed by atoms with van der Waals surface area (Å²) in [6.45, 7) is 0.995. The van der Waals surface area contributed by atoms with Gasteiger partial charge in [-0.2, -0.15) is 13.2 Å². The molecule has 0 aliphatic carbocycles. The molecule has 114 valence electrons. The van der Waals surface area contributed by atoms with Crippen LogP contribution >= 0.6 is 0 Å². The number of nitrogens with one attached hydrogen (secondary N) is 1. The van der Waals surface area contributed by atoms with Gasteiger partial charge in [-0.3, -0.25) is 0 Å². The minimum Gasteiger partial charge on any atom is -0.314 e. The van der Waals surface area contributed by atoms with Crippen LogP contribution in [0.1, 0.15) is 44.9 Å². The van der Waals surface area contributed by atoms with Gasteiger partial charge >= 0.3 is 6.18 Å². The van der Waals surface area contributed by atoms with Gasteiger partial charge in [0.15, 0.2) is 0 Å². The summed E-state index contributed by atoms with van der Waals surface area (Å²) in [6, 6.07) is 0.417. The predicted molar refractivity (Wildman–Crippen MR) is 68.8 cm³/mol. The fraction of sp³-hybridized carbons (Fsp3) is 1.00. The summed E-state index contributed by atoms with van der Waals surface area (Å²) in [6.07, 6.45) is -1.43. The number of unbranched alkanes of at least 4 members (excludes halogenated alkanes) is 1. The average molecular weight is 301 g/mol. The molecular weight excluding hydrogens is 279 g/mol. The fourth-order valence-electron chi connectivity index (χ4n) is 2.30. The second-order valence-electron chi connectivity index (χ2n) is 5.16. The van der Waals surface area contributed by atoms with Crippen LogP contribution in [0.2, 0.25) is 0 Å². The Hall–Kier alpha value is -0.300. The van der Waals surface area contributed by atoms with E-state index < -0.39 is 22.4 Å². The Bertz CT molecular complexity index is 348. The van der Waals surface area contributed by atoms with Gasteiger partial charge in [0.25, 0.3) is 0 Å². The highest BCUT2D eigenvalue weighted by Gasteiger charge is 2.26. The van der Waals surface area contributed by atoms with Crippen LogP contribution in [0, 0.1) is 0 Å². The molecule has 7 heteroatoms. The molecule has 0 amide bonds. The Kier molecular flexibility index (Phi) is 6.59. The second-order valence-corrected chi connectivity index (χ2v) is 7.46. The normalized spacial score (nSPS) is 20.9. The maximum absolute atomic E-state index is 11.9. The van der Waals surface area contributed by atoms with Crippen molar-refractivity contribution >= 4 is 9.84 Å². The molecule has 0 radical (unpaired) electrons. The lowest BCUT2D eigenvalue weighted by Crippen LogP contribution is -2.22. The molecule has 3 nitrogen and oxygen atoms in total. The summed E-state index contributed by atoms with van der Waals surface area (Å²) >= 11 is 0. The molecule has 1 N–H and O–H groups in total. The molecule has 0 aromatic heterocycles. The van der Waals surface area contributed by atoms with Crippen molar-refractivity contribution < 1.29 is 21.6 Å². The van der Waals surface area contributed by atoms with Crippen molar-refractivity contribution in [3.63, 3.8) is 0 Å². The first-order valence-electron chi connectivity index (χ1n) is 6.79. The van der Waals surface area contributed by atoms with E-state index in [2.05, 4.69) is 5.32 Å². The summed E-state index contributed by atoms with van der Waals surface area (Å²) in [5.41, 5.74) is 0. The molecule has 1 heterocycles. The third kappa shape index (κ3) is 8.47. The number of halogens is 3. The maximum atomic E-state index is 11.9. The van der Waals surface area contributed by atoms with Crippen LogP contribution in [-0.2, 0) is 9.84 Å². The van der Waals surface area contributed by atoms with E-state index in [-0.39, 0.29) is 24.3 Å². The van der Waals surface area contributed by atoms with E-state index in [4.69, 9.17) is 0 Å². The SMILES string of the molecule is O=S(=O)(CCCCC(F)(F)F)CCCC1CCCN1. The lowest BCUT2D eigenvalue weighted by atomic mass is 10.1. The zero-order valence-corrected chi connectivity index (χ0v) is 11.8. The van der Waals surface area contributed by atoms with E-state index in [1.807, 2.05) is 0 Å². The van der Waals surface area contributed by atoms with Crippen LogP contribution in [0.3, 0.4) is 0 Å². The molecule has 0 bridgehead atoms. The Morgan fingerprint density at radius 1 is 1.11 bits per heavy atom. The molecule has 1 aliphatic heterocycles. The van der Waals surface area contributed by atoms with Gasteiger partial charge in [0, 0.05) is 12.5 Å². The van der Waals surface area contributed by atoms with Crippen molar-refractivity contribution in [2.45, 2.75) is 57.2 Å². The fourth-order valence-corrected chi connectivity index (χ4v) is 3.76. The topological polar surface area (TPSA) is 46.2 Å². The highest BCUT2D eigenvalue weighted by Crippen LogP contribution is 2.22. The lowest BCUT2D eigenvalue weighted by Gasteiger charge is -2.10. The van der Waals surface area contributed by atoms with Gasteiger partial charge in [0.05, 0.1) is 11.5 Å². The summed E-state index contributed by atoms with van der Waals surface area (Å²) < 4.78 is 58.9. The van der Waals surface area contributed by atoms with E-state index in [9.17, 15) is 21.6 Å². The monoisotopic (exact) mass is 301 g/mol. The number of sulfone groups is 1. The van der Waals surface area contributed by atoms with E-state index in [0.717, 1.165) is 25.8 Å². The van der Waals surface area contributed by atoms with Gasteiger partial charge in [-0.05, 0) is 45.1 Å². The largest absolute Gasteiger partial charge is 0.389 e. The molecule has 1 aliphatic rings. The molecule has 1 rings (SSSR count). The minimum atomic E-state index is -4.18. The average Bonchev–Trinajstić information content (AvgIpc) is 2.76. The van der Waals surface area contributed by atoms with Gasteiger partial charge < -0.3 is 5.32 Å². The molecule has 19 heavy (non-hydrogen) atoms. The van der Waals surface area contributed by atoms with E-state index in [1.54, 1.807) is 0 Å². The standard InChI is InChI=1S/C12H22F3NO2S/c13-12(14,15)7-1-2-9-19(17,18)10-4-6-11-5-3-8-16-11/h11,16H,1-10H2. The van der Waals surface area contributed by atoms with E-state index >= 15 is 0 Å². The summed E-state index contributed by atoms with van der Waals surface area (Å²) in [7, 11) is -3.19. The van der Waals surface area contributed by atoms with Crippen molar-refractivity contribution in [1.82, 2.24) is 5.32 Å². The van der Waals surface area contributed by atoms with Crippen molar-refractivity contribution in [3.05, 3.63) is 0 Å². The molecule has 1 unspecified atom stereocenters. The Balaban J connectivity index is 2.10. The van der Waals surface area contributed by atoms with Crippen LogP contribution in [0.15, 0.2) is 0 Å². The van der Waals surface area contributed by atoms with Crippen LogP contribution in [-0.4, -0.2) is 38.7 Å². The Morgan fingerprint density at radius 3 is 2.37 bits per heavy atom. The number of hydrogen-bond donors (Lipinski definition) is 1. The Morgan fingerprint density at radius 2 is 1.79 bits per heavy atom. The minimum absolute atomic E-state index is 0.0944. The second kappa shape index (κ2) is 7.47. The number of rotatable bonds is 8. The number of hydrogen-bond acceptors (Lipinski definition) is 3. The molecule has 0 saturated carbocycles. The van der Waals surface area contributed by atoms with E-state index in [0.29, 0.717) is 12.5 Å². The third-order valence-electron chi connectivity index (χ3n) is 3.34. The van der Waals surface area contributed by atoms with Crippen LogP contribution in [0.25, 0.3) is 0 Å². The van der Waals surface area contributed by atoms with Crippen molar-refractivity contribution in [2.75, 3.05) is 18.1 Å². The zero-order valence-electron chi connectivity index (χ0n) is 11.0. The molecule has 1 saturated heterocycles. The van der Waals surface area contributed by atoms with Crippen molar-refractivity contribution in [1.29, 1.82) is 0 Å². The molecule has 0 spiro atoms.